The molecule has 2 atom stereocenters. The first-order chi connectivity index (χ1) is 6.66. The maximum absolute atomic E-state index is 10.7. The van der Waals surface area contributed by atoms with Gasteiger partial charge >= 0.3 is 5.97 Å². The van der Waals surface area contributed by atoms with Crippen molar-refractivity contribution in [2.45, 2.75) is 24.6 Å². The third-order valence-corrected chi connectivity index (χ3v) is 2.76. The average molecular weight is 211 g/mol. The highest BCUT2D eigenvalue weighted by atomic mass is 35.5. The van der Waals surface area contributed by atoms with Gasteiger partial charge in [0.05, 0.1) is 0 Å². The van der Waals surface area contributed by atoms with Crippen LogP contribution in [0.1, 0.15) is 24.8 Å². The minimum Gasteiger partial charge on any atom is -0.427 e. The number of carbonyl (C=O) groups excluding carboxylic acids is 1. The van der Waals surface area contributed by atoms with Crippen LogP contribution in [0.25, 0.3) is 0 Å². The number of ether oxygens (including phenoxy) is 1. The van der Waals surface area contributed by atoms with Crippen LogP contribution in [0, 0.1) is 0 Å². The van der Waals surface area contributed by atoms with E-state index in [1.54, 1.807) is 12.1 Å². The van der Waals surface area contributed by atoms with Crippen LogP contribution in [0.3, 0.4) is 0 Å². The molecule has 1 saturated carbocycles. The van der Waals surface area contributed by atoms with Crippen molar-refractivity contribution in [3.8, 4) is 5.75 Å². The van der Waals surface area contributed by atoms with Gasteiger partial charge in [-0.05, 0) is 24.1 Å². The van der Waals surface area contributed by atoms with Gasteiger partial charge in [0.25, 0.3) is 0 Å². The molecule has 1 aromatic rings. The van der Waals surface area contributed by atoms with Gasteiger partial charge in [-0.1, -0.05) is 12.1 Å². The summed E-state index contributed by atoms with van der Waals surface area (Å²) in [6.45, 7) is 1.39. The molecule has 1 fully saturated rings. The number of alkyl halides is 1. The Hall–Kier alpha value is -1.02. The van der Waals surface area contributed by atoms with Crippen molar-refractivity contribution in [3.05, 3.63) is 29.8 Å². The Balaban J connectivity index is 2.06. The molecule has 2 nitrogen and oxygen atoms in total. The molecular formula is C11H11ClO2. The number of esters is 1. The third kappa shape index (κ3) is 2.07. The van der Waals surface area contributed by atoms with Crippen LogP contribution in [0.5, 0.6) is 5.75 Å². The van der Waals surface area contributed by atoms with Gasteiger partial charge < -0.3 is 4.74 Å². The fourth-order valence-electron chi connectivity index (χ4n) is 1.46. The summed E-state index contributed by atoms with van der Waals surface area (Å²) >= 11 is 5.93. The van der Waals surface area contributed by atoms with Crippen molar-refractivity contribution >= 4 is 17.6 Å². The van der Waals surface area contributed by atoms with Gasteiger partial charge in [-0.2, -0.15) is 0 Å². The summed E-state index contributed by atoms with van der Waals surface area (Å²) in [5.41, 5.74) is 1.22. The topological polar surface area (TPSA) is 26.3 Å². The standard InChI is InChI=1S/C11H11ClO2/c1-7(13)14-9-4-2-8(3-5-9)10-6-11(10)12/h2-5,10-11H,6H2,1H3/t10?,11-/m1/s1. The maximum atomic E-state index is 10.7. The van der Waals surface area contributed by atoms with Gasteiger partial charge in [0.2, 0.25) is 0 Å². The van der Waals surface area contributed by atoms with Gasteiger partial charge in [-0.3, -0.25) is 4.79 Å². The summed E-state index contributed by atoms with van der Waals surface area (Å²) < 4.78 is 4.92. The lowest BCUT2D eigenvalue weighted by Crippen LogP contribution is -2.01. The Morgan fingerprint density at radius 1 is 1.43 bits per heavy atom. The van der Waals surface area contributed by atoms with Crippen LogP contribution < -0.4 is 4.74 Å². The van der Waals surface area contributed by atoms with Crippen LogP contribution in [-0.4, -0.2) is 11.3 Å². The molecule has 1 aliphatic carbocycles. The molecule has 0 amide bonds. The van der Waals surface area contributed by atoms with Gasteiger partial charge in [-0.25, -0.2) is 0 Å². The number of halogens is 1. The van der Waals surface area contributed by atoms with E-state index in [9.17, 15) is 4.79 Å². The van der Waals surface area contributed by atoms with Crippen LogP contribution >= 0.6 is 11.6 Å². The number of rotatable bonds is 2. The molecule has 0 radical (unpaired) electrons. The number of hydrogen-bond acceptors (Lipinski definition) is 2. The van der Waals surface area contributed by atoms with Crippen molar-refractivity contribution in [3.63, 3.8) is 0 Å². The van der Waals surface area contributed by atoms with E-state index in [0.29, 0.717) is 11.7 Å². The zero-order chi connectivity index (χ0) is 10.1. The predicted molar refractivity (Wildman–Crippen MR) is 54.8 cm³/mol. The Morgan fingerprint density at radius 3 is 2.43 bits per heavy atom. The quantitative estimate of drug-likeness (QED) is 0.426. The van der Waals surface area contributed by atoms with Crippen LogP contribution in [0.15, 0.2) is 24.3 Å². The maximum Gasteiger partial charge on any atom is 0.308 e. The lowest BCUT2D eigenvalue weighted by atomic mass is 10.1. The summed E-state index contributed by atoms with van der Waals surface area (Å²) in [7, 11) is 0. The molecule has 1 unspecified atom stereocenters. The van der Waals surface area contributed by atoms with E-state index in [4.69, 9.17) is 16.3 Å². The first kappa shape index (κ1) is 9.53. The molecule has 0 spiro atoms. The summed E-state index contributed by atoms with van der Waals surface area (Å²) in [5.74, 6) is 0.787. The molecule has 0 aromatic heterocycles. The van der Waals surface area contributed by atoms with Gasteiger partial charge in [0.15, 0.2) is 0 Å². The summed E-state index contributed by atoms with van der Waals surface area (Å²) in [6.07, 6.45) is 1.05. The molecule has 0 aliphatic heterocycles. The summed E-state index contributed by atoms with van der Waals surface area (Å²) in [5, 5.41) is 0.287. The Bertz CT molecular complexity index is 345. The van der Waals surface area contributed by atoms with E-state index in [1.165, 1.54) is 12.5 Å². The van der Waals surface area contributed by atoms with Crippen LogP contribution in [0.4, 0.5) is 0 Å². The first-order valence-corrected chi connectivity index (χ1v) is 5.03. The highest BCUT2D eigenvalue weighted by Crippen LogP contribution is 2.45. The SMILES string of the molecule is CC(=O)Oc1ccc(C2C[C@H]2Cl)cc1. The average Bonchev–Trinajstić information content (AvgIpc) is 2.83. The van der Waals surface area contributed by atoms with Crippen molar-refractivity contribution in [1.82, 2.24) is 0 Å². The Morgan fingerprint density at radius 2 is 2.00 bits per heavy atom. The highest BCUT2D eigenvalue weighted by molar-refractivity contribution is 6.23. The fraction of sp³-hybridized carbons (Fsp3) is 0.364. The van der Waals surface area contributed by atoms with E-state index in [2.05, 4.69) is 0 Å². The zero-order valence-electron chi connectivity index (χ0n) is 7.87. The van der Waals surface area contributed by atoms with E-state index in [0.717, 1.165) is 6.42 Å². The fourth-order valence-corrected chi connectivity index (χ4v) is 1.80. The molecule has 0 N–H and O–H groups in total. The van der Waals surface area contributed by atoms with E-state index < -0.39 is 0 Å². The van der Waals surface area contributed by atoms with E-state index in [-0.39, 0.29) is 11.3 Å². The largest absolute Gasteiger partial charge is 0.427 e. The van der Waals surface area contributed by atoms with Crippen LogP contribution in [-0.2, 0) is 4.79 Å². The van der Waals surface area contributed by atoms with Crippen molar-refractivity contribution in [2.24, 2.45) is 0 Å². The van der Waals surface area contributed by atoms with Gasteiger partial charge in [0, 0.05) is 18.2 Å². The molecule has 0 bridgehead atoms. The van der Waals surface area contributed by atoms with Gasteiger partial charge in [0.1, 0.15) is 5.75 Å². The van der Waals surface area contributed by atoms with Gasteiger partial charge in [-0.15, -0.1) is 11.6 Å². The molecular weight excluding hydrogens is 200 g/mol. The van der Waals surface area contributed by atoms with E-state index >= 15 is 0 Å². The predicted octanol–water partition coefficient (Wildman–Crippen LogP) is 2.71. The first-order valence-electron chi connectivity index (χ1n) is 4.59. The highest BCUT2D eigenvalue weighted by Gasteiger charge is 2.36. The molecule has 14 heavy (non-hydrogen) atoms. The molecule has 0 saturated heterocycles. The normalized spacial score (nSPS) is 24.4. The molecule has 2 rings (SSSR count). The lowest BCUT2D eigenvalue weighted by molar-refractivity contribution is -0.131. The summed E-state index contributed by atoms with van der Waals surface area (Å²) in [4.78, 5) is 10.7. The Kier molecular flexibility index (Phi) is 2.46. The number of carbonyl (C=O) groups is 1. The van der Waals surface area contributed by atoms with Crippen molar-refractivity contribution in [1.29, 1.82) is 0 Å². The zero-order valence-corrected chi connectivity index (χ0v) is 8.62. The molecule has 3 heteroatoms. The third-order valence-electron chi connectivity index (χ3n) is 2.28. The molecule has 1 aromatic carbocycles. The molecule has 1 aliphatic rings. The van der Waals surface area contributed by atoms with Crippen LogP contribution in [0.2, 0.25) is 0 Å². The van der Waals surface area contributed by atoms with Crippen molar-refractivity contribution < 1.29 is 9.53 Å². The number of benzene rings is 1. The lowest BCUT2D eigenvalue weighted by Gasteiger charge is -2.02. The molecule has 74 valence electrons. The second-order valence-corrected chi connectivity index (χ2v) is 4.08. The van der Waals surface area contributed by atoms with E-state index in [1.807, 2.05) is 12.1 Å². The minimum atomic E-state index is -0.292. The minimum absolute atomic E-state index is 0.287. The monoisotopic (exact) mass is 210 g/mol. The number of hydrogen-bond donors (Lipinski definition) is 0. The second kappa shape index (κ2) is 3.62. The molecule has 0 heterocycles. The second-order valence-electron chi connectivity index (χ2n) is 3.52. The summed E-state index contributed by atoms with van der Waals surface area (Å²) in [6, 6.07) is 7.54. The van der Waals surface area contributed by atoms with Crippen molar-refractivity contribution in [2.75, 3.05) is 0 Å². The smallest absolute Gasteiger partial charge is 0.308 e. The Labute approximate surface area is 87.8 Å².